The Balaban J connectivity index is 2.03. The van der Waals surface area contributed by atoms with Crippen molar-refractivity contribution < 1.29 is 0 Å². The third-order valence-corrected chi connectivity index (χ3v) is 3.34. The number of anilines is 2. The smallest absolute Gasteiger partial charge is 0.248 e. The van der Waals surface area contributed by atoms with Crippen LogP contribution in [0.25, 0.3) is 11.0 Å². The number of nitrogens with two attached hydrogens (primary N) is 2. The molecule has 5 N–H and O–H groups in total. The molecule has 0 saturated carbocycles. The number of aromatic nitrogens is 4. The normalized spacial score (nSPS) is 12.1. The van der Waals surface area contributed by atoms with E-state index in [1.165, 1.54) is 38.4 Å². The molecule has 0 spiro atoms. The number of hydrogen-bond donors (Lipinski definition) is 3. The molecule has 2 aromatic heterocycles. The van der Waals surface area contributed by atoms with Crippen LogP contribution in [0.5, 0.6) is 0 Å². The summed E-state index contributed by atoms with van der Waals surface area (Å²) in [4.78, 5) is 19.7. The van der Waals surface area contributed by atoms with Crippen LogP contribution in [0.2, 0.25) is 0 Å². The maximum absolute atomic E-state index is 5.90. The van der Waals surface area contributed by atoms with E-state index in [4.69, 9.17) is 11.5 Å². The van der Waals surface area contributed by atoms with Crippen LogP contribution < -0.4 is 17.1 Å². The Labute approximate surface area is 123 Å². The lowest BCUT2D eigenvalue weighted by molar-refractivity contribution is 0.609. The molecular formula is C14H23N7. The van der Waals surface area contributed by atoms with E-state index in [2.05, 4.69) is 31.9 Å². The van der Waals surface area contributed by atoms with Crippen LogP contribution in [0.4, 0.5) is 11.6 Å². The number of nitrogens with one attached hydrogen (secondary N) is 1. The first-order valence-electron chi connectivity index (χ1n) is 7.49. The first-order chi connectivity index (χ1) is 10.2. The van der Waals surface area contributed by atoms with E-state index >= 15 is 0 Å². The van der Waals surface area contributed by atoms with E-state index in [0.717, 1.165) is 6.42 Å². The highest BCUT2D eigenvalue weighted by Gasteiger charge is 2.05. The predicted octanol–water partition coefficient (Wildman–Crippen LogP) is 1.78. The van der Waals surface area contributed by atoms with Crippen molar-refractivity contribution >= 4 is 22.7 Å². The Morgan fingerprint density at radius 1 is 1.05 bits per heavy atom. The summed E-state index contributed by atoms with van der Waals surface area (Å²) in [7, 11) is 0. The Bertz CT molecular complexity index is 605. The molecule has 0 bridgehead atoms. The van der Waals surface area contributed by atoms with Gasteiger partial charge >= 0.3 is 0 Å². The van der Waals surface area contributed by atoms with Crippen molar-refractivity contribution in [3.05, 3.63) is 11.9 Å². The van der Waals surface area contributed by atoms with Crippen LogP contribution in [-0.4, -0.2) is 26.5 Å². The van der Waals surface area contributed by atoms with Gasteiger partial charge in [-0.3, -0.25) is 0 Å². The minimum absolute atomic E-state index is 0.289. The number of nitrogen functional groups attached to an aromatic ring is 2. The number of aromatic amines is 1. The average Bonchev–Trinajstić information content (AvgIpc) is 2.92. The van der Waals surface area contributed by atoms with E-state index in [-0.39, 0.29) is 5.82 Å². The van der Waals surface area contributed by atoms with E-state index in [1.54, 1.807) is 0 Å². The van der Waals surface area contributed by atoms with Gasteiger partial charge in [-0.2, -0.15) is 9.97 Å². The van der Waals surface area contributed by atoms with Gasteiger partial charge in [0.1, 0.15) is 11.0 Å². The van der Waals surface area contributed by atoms with Gasteiger partial charge in [-0.05, 0) is 6.42 Å². The minimum Gasteiger partial charge on any atom is -0.382 e. The lowest BCUT2D eigenvalue weighted by atomic mass is 10.1. The van der Waals surface area contributed by atoms with Crippen LogP contribution in [-0.2, 0) is 0 Å². The second kappa shape index (κ2) is 7.56. The number of H-pyrrole nitrogens is 1. The van der Waals surface area contributed by atoms with Crippen molar-refractivity contribution in [2.24, 2.45) is 4.99 Å². The molecule has 7 heteroatoms. The molecule has 0 aliphatic carbocycles. The summed E-state index contributed by atoms with van der Waals surface area (Å²) in [6.45, 7) is 2.91. The number of fused-ring (bicyclic) bond motifs is 1. The van der Waals surface area contributed by atoms with Crippen molar-refractivity contribution in [3.63, 3.8) is 0 Å². The van der Waals surface area contributed by atoms with Crippen LogP contribution in [0.1, 0.15) is 45.4 Å². The van der Waals surface area contributed by atoms with Gasteiger partial charge in [-0.1, -0.05) is 39.0 Å². The highest BCUT2D eigenvalue weighted by Crippen LogP contribution is 2.15. The zero-order chi connectivity index (χ0) is 15.1. The molecule has 7 nitrogen and oxygen atoms in total. The summed E-state index contributed by atoms with van der Waals surface area (Å²) in [5.41, 5.74) is 13.2. The lowest BCUT2D eigenvalue weighted by Gasteiger charge is -1.97. The van der Waals surface area contributed by atoms with E-state index in [1.807, 2.05) is 0 Å². The molecule has 0 radical (unpaired) electrons. The van der Waals surface area contributed by atoms with Gasteiger partial charge in [-0.25, -0.2) is 9.98 Å². The number of rotatable bonds is 7. The Kier molecular flexibility index (Phi) is 5.48. The molecule has 0 amide bonds. The summed E-state index contributed by atoms with van der Waals surface area (Å²) >= 11 is 0. The van der Waals surface area contributed by atoms with Crippen LogP contribution in [0.15, 0.2) is 11.3 Å². The van der Waals surface area contributed by atoms with Crippen molar-refractivity contribution in [1.82, 2.24) is 19.9 Å². The van der Waals surface area contributed by atoms with Gasteiger partial charge in [0.25, 0.3) is 0 Å². The molecule has 2 aromatic rings. The molecular weight excluding hydrogens is 266 g/mol. The lowest BCUT2D eigenvalue weighted by Crippen LogP contribution is -2.13. The minimum atomic E-state index is 0.289. The first-order valence-corrected chi connectivity index (χ1v) is 7.49. The summed E-state index contributed by atoms with van der Waals surface area (Å²) in [6.07, 6.45) is 8.85. The average molecular weight is 289 g/mol. The van der Waals surface area contributed by atoms with Crippen molar-refractivity contribution in [2.75, 3.05) is 18.0 Å². The highest BCUT2D eigenvalue weighted by atomic mass is 15.1. The highest BCUT2D eigenvalue weighted by molar-refractivity contribution is 5.90. The third kappa shape index (κ3) is 4.14. The fourth-order valence-electron chi connectivity index (χ4n) is 2.17. The number of imidazole rings is 1. The largest absolute Gasteiger partial charge is 0.382 e. The molecule has 0 aliphatic rings. The Morgan fingerprint density at radius 3 is 2.57 bits per heavy atom. The van der Waals surface area contributed by atoms with Crippen LogP contribution in [0.3, 0.4) is 0 Å². The fourth-order valence-corrected chi connectivity index (χ4v) is 2.17. The maximum Gasteiger partial charge on any atom is 0.248 e. The van der Waals surface area contributed by atoms with Gasteiger partial charge in [0.05, 0.1) is 6.33 Å². The second-order valence-electron chi connectivity index (χ2n) is 5.07. The molecule has 0 fully saturated rings. The zero-order valence-electron chi connectivity index (χ0n) is 12.5. The summed E-state index contributed by atoms with van der Waals surface area (Å²) in [6, 6.07) is 0. The SMILES string of the molecule is CCCCCCCCN=c1nc(N)c2nc[nH]c2c(N)n1. The maximum atomic E-state index is 5.90. The summed E-state index contributed by atoms with van der Waals surface area (Å²) < 4.78 is 0. The number of hydrogen-bond acceptors (Lipinski definition) is 6. The molecule has 2 heterocycles. The topological polar surface area (TPSA) is 119 Å². The van der Waals surface area contributed by atoms with Gasteiger partial charge in [0.2, 0.25) is 5.62 Å². The molecule has 21 heavy (non-hydrogen) atoms. The molecule has 0 atom stereocenters. The van der Waals surface area contributed by atoms with Gasteiger partial charge in [-0.15, -0.1) is 0 Å². The van der Waals surface area contributed by atoms with Crippen LogP contribution in [0, 0.1) is 0 Å². The quantitative estimate of drug-likeness (QED) is 0.671. The Hall–Kier alpha value is -2.18. The first kappa shape index (κ1) is 15.2. The van der Waals surface area contributed by atoms with Gasteiger partial charge in [0.15, 0.2) is 11.6 Å². The standard InChI is InChI=1S/C14H23N7/c1-2-3-4-5-6-7-8-17-14-20-12(15)10-11(13(16)21-14)19-9-18-10/h9H,2-8H2,1H3,(H,18,19)(H4,15,16,17,20,21). The molecule has 2 rings (SSSR count). The molecule has 0 aromatic carbocycles. The zero-order valence-corrected chi connectivity index (χ0v) is 12.5. The molecule has 114 valence electrons. The van der Waals surface area contributed by atoms with Crippen LogP contribution >= 0.6 is 0 Å². The van der Waals surface area contributed by atoms with Gasteiger partial charge in [0, 0.05) is 6.54 Å². The van der Waals surface area contributed by atoms with Crippen molar-refractivity contribution in [2.45, 2.75) is 45.4 Å². The third-order valence-electron chi connectivity index (χ3n) is 3.34. The predicted molar refractivity (Wildman–Crippen MR) is 84.3 cm³/mol. The number of unbranched alkanes of at least 4 members (excludes halogenated alkanes) is 5. The second-order valence-corrected chi connectivity index (χ2v) is 5.07. The van der Waals surface area contributed by atoms with E-state index < -0.39 is 0 Å². The monoisotopic (exact) mass is 289 g/mol. The fraction of sp³-hybridized carbons (Fsp3) is 0.571. The number of nitrogens with zero attached hydrogens (tertiary/aromatic N) is 4. The van der Waals surface area contributed by atoms with Crippen molar-refractivity contribution in [1.29, 1.82) is 0 Å². The van der Waals surface area contributed by atoms with Gasteiger partial charge < -0.3 is 16.5 Å². The van der Waals surface area contributed by atoms with E-state index in [0.29, 0.717) is 29.0 Å². The Morgan fingerprint density at radius 2 is 1.76 bits per heavy atom. The molecule has 0 unspecified atom stereocenters. The summed E-state index contributed by atoms with van der Waals surface area (Å²) in [5, 5.41) is 0. The summed E-state index contributed by atoms with van der Waals surface area (Å²) in [5.74, 6) is 0.602. The molecule has 0 saturated heterocycles. The molecule has 0 aliphatic heterocycles. The van der Waals surface area contributed by atoms with E-state index in [9.17, 15) is 0 Å². The van der Waals surface area contributed by atoms with Crippen molar-refractivity contribution in [3.8, 4) is 0 Å².